The third-order valence-electron chi connectivity index (χ3n) is 11.5. The van der Waals surface area contributed by atoms with Crippen LogP contribution >= 0.6 is 0 Å². The van der Waals surface area contributed by atoms with Gasteiger partial charge in [-0.15, -0.1) is 0 Å². The summed E-state index contributed by atoms with van der Waals surface area (Å²) in [7, 11) is 0. The molecule has 8 rings (SSSR count). The number of nitriles is 1. The van der Waals surface area contributed by atoms with E-state index in [1.165, 1.54) is 15.4 Å². The Bertz CT molecular complexity index is 2900. The van der Waals surface area contributed by atoms with Crippen molar-refractivity contribution in [2.75, 3.05) is 58.0 Å². The van der Waals surface area contributed by atoms with E-state index in [0.29, 0.717) is 78.8 Å². The lowest BCUT2D eigenvalue weighted by Crippen LogP contribution is -2.45. The average Bonchev–Trinajstić information content (AvgIpc) is 3.34. The Morgan fingerprint density at radius 1 is 0.864 bits per heavy atom. The molecule has 2 N–H and O–H groups in total. The standard InChI is InChI=1S/C48H48N10O8/c1-31-40-24-37(8-9-39(40)48(63)58(54-31)42-11-12-43(59)53-47(42)62)50-16-19-64-20-21-65-30-45(61)56-17-14-32(15-18-56)29-66-38-26-51-46(52-27-38)36-7-3-5-34(23-36)28-57-44(60)13-10-41(55-57)35-6-2-4-33(22-35)25-49/h2-10,13,22-24,26-27,32,42,50H,11-12,14-21,28-30H2,1H3,(H,53,59,62). The zero-order valence-electron chi connectivity index (χ0n) is 36.4. The van der Waals surface area contributed by atoms with E-state index in [4.69, 9.17) is 14.2 Å². The van der Waals surface area contributed by atoms with Crippen molar-refractivity contribution in [2.24, 2.45) is 5.92 Å². The SMILES string of the molecule is Cc1nn(C2CCC(=O)NC2=O)c(=O)c2ccc(NCCOCCOCC(=O)N3CCC(COc4cnc(-c5cccc(Cn6nc(-c7cccc(C#N)c7)ccc6=O)c5)nc4)CC3)cc12. The predicted molar refractivity (Wildman–Crippen MR) is 242 cm³/mol. The largest absolute Gasteiger partial charge is 0.490 e. The molecule has 338 valence electrons. The Kier molecular flexibility index (Phi) is 14.3. The molecule has 18 nitrogen and oxygen atoms in total. The maximum absolute atomic E-state index is 13.2. The Morgan fingerprint density at radius 2 is 1.65 bits per heavy atom. The predicted octanol–water partition coefficient (Wildman–Crippen LogP) is 4.05. The Labute approximate surface area is 379 Å². The van der Waals surface area contributed by atoms with Crippen molar-refractivity contribution in [3.63, 3.8) is 0 Å². The van der Waals surface area contributed by atoms with Crippen molar-refractivity contribution >= 4 is 34.2 Å². The van der Waals surface area contributed by atoms with Crippen LogP contribution in [0.2, 0.25) is 0 Å². The van der Waals surface area contributed by atoms with Crippen LogP contribution in [-0.2, 0) is 30.4 Å². The van der Waals surface area contributed by atoms with Gasteiger partial charge < -0.3 is 24.4 Å². The number of carbonyl (C=O) groups is 3. The number of imide groups is 1. The van der Waals surface area contributed by atoms with Crippen LogP contribution in [-0.4, -0.2) is 105 Å². The minimum atomic E-state index is -0.825. The molecule has 3 aromatic carbocycles. The summed E-state index contributed by atoms with van der Waals surface area (Å²) >= 11 is 0. The molecule has 0 spiro atoms. The van der Waals surface area contributed by atoms with E-state index in [2.05, 4.69) is 36.9 Å². The molecule has 18 heteroatoms. The van der Waals surface area contributed by atoms with Crippen LogP contribution < -0.4 is 26.5 Å². The number of likely N-dealkylation sites (tertiary alicyclic amines) is 1. The number of fused-ring (bicyclic) bond motifs is 1. The van der Waals surface area contributed by atoms with Crippen LogP contribution in [0.5, 0.6) is 5.75 Å². The first-order valence-corrected chi connectivity index (χ1v) is 21.8. The number of aryl methyl sites for hydroxylation is 1. The summed E-state index contributed by atoms with van der Waals surface area (Å²) in [6.45, 7) is 5.20. The molecule has 0 radical (unpaired) electrons. The van der Waals surface area contributed by atoms with E-state index in [1.807, 2.05) is 41.3 Å². The van der Waals surface area contributed by atoms with Gasteiger partial charge in [-0.25, -0.2) is 19.3 Å². The van der Waals surface area contributed by atoms with Crippen molar-refractivity contribution in [3.05, 3.63) is 129 Å². The lowest BCUT2D eigenvalue weighted by atomic mass is 9.98. The first-order valence-electron chi connectivity index (χ1n) is 21.8. The molecule has 0 aliphatic carbocycles. The van der Waals surface area contributed by atoms with Gasteiger partial charge in [0, 0.05) is 54.3 Å². The summed E-state index contributed by atoms with van der Waals surface area (Å²) in [6, 6.07) is 24.5. The van der Waals surface area contributed by atoms with Crippen LogP contribution in [0.3, 0.4) is 0 Å². The average molecular weight is 893 g/mol. The number of amides is 3. The molecule has 2 fully saturated rings. The zero-order chi connectivity index (χ0) is 46.0. The summed E-state index contributed by atoms with van der Waals surface area (Å²) in [4.78, 5) is 73.5. The highest BCUT2D eigenvalue weighted by Gasteiger charge is 2.30. The third-order valence-corrected chi connectivity index (χ3v) is 11.5. The molecular formula is C48H48N10O8. The van der Waals surface area contributed by atoms with E-state index in [-0.39, 0.29) is 61.5 Å². The molecule has 6 aromatic rings. The summed E-state index contributed by atoms with van der Waals surface area (Å²) in [6.07, 6.45) is 5.27. The van der Waals surface area contributed by atoms with Crippen molar-refractivity contribution < 1.29 is 28.6 Å². The molecule has 0 saturated carbocycles. The highest BCUT2D eigenvalue weighted by atomic mass is 16.5. The fourth-order valence-corrected chi connectivity index (χ4v) is 7.94. The van der Waals surface area contributed by atoms with E-state index in [9.17, 15) is 29.2 Å². The van der Waals surface area contributed by atoms with Crippen LogP contribution in [0, 0.1) is 24.2 Å². The zero-order valence-corrected chi connectivity index (χ0v) is 36.4. The first-order chi connectivity index (χ1) is 32.1. The minimum absolute atomic E-state index is 0.0210. The number of ether oxygens (including phenoxy) is 3. The lowest BCUT2D eigenvalue weighted by Gasteiger charge is -2.31. The number of hydrogen-bond acceptors (Lipinski definition) is 14. The van der Waals surface area contributed by atoms with Gasteiger partial charge in [-0.2, -0.15) is 15.5 Å². The smallest absolute Gasteiger partial charge is 0.275 e. The molecule has 2 aliphatic rings. The Hall–Kier alpha value is -7.62. The van der Waals surface area contributed by atoms with Gasteiger partial charge in [-0.05, 0) is 80.1 Å². The minimum Gasteiger partial charge on any atom is -0.490 e. The van der Waals surface area contributed by atoms with Crippen LogP contribution in [0.1, 0.15) is 48.5 Å². The van der Waals surface area contributed by atoms with Gasteiger partial charge in [0.25, 0.3) is 17.0 Å². The second-order valence-corrected chi connectivity index (χ2v) is 16.1. The number of benzene rings is 3. The van der Waals surface area contributed by atoms with E-state index in [1.54, 1.807) is 55.7 Å². The number of nitrogens with one attached hydrogen (secondary N) is 2. The molecule has 3 amide bonds. The molecule has 1 unspecified atom stereocenters. The molecule has 3 aromatic heterocycles. The van der Waals surface area contributed by atoms with Crippen molar-refractivity contribution in [2.45, 2.75) is 45.2 Å². The normalized spacial score (nSPS) is 15.3. The fourth-order valence-electron chi connectivity index (χ4n) is 7.94. The number of aromatic nitrogens is 6. The maximum Gasteiger partial charge on any atom is 0.275 e. The molecule has 5 heterocycles. The summed E-state index contributed by atoms with van der Waals surface area (Å²) < 4.78 is 19.9. The van der Waals surface area contributed by atoms with Crippen LogP contribution in [0.15, 0.2) is 101 Å². The van der Waals surface area contributed by atoms with Gasteiger partial charge in [0.1, 0.15) is 12.6 Å². The summed E-state index contributed by atoms with van der Waals surface area (Å²) in [5, 5.41) is 24.9. The van der Waals surface area contributed by atoms with Gasteiger partial charge >= 0.3 is 0 Å². The van der Waals surface area contributed by atoms with E-state index < -0.39 is 11.9 Å². The van der Waals surface area contributed by atoms with Gasteiger partial charge in [0.05, 0.1) is 73.8 Å². The van der Waals surface area contributed by atoms with Gasteiger partial charge in [-0.3, -0.25) is 29.3 Å². The van der Waals surface area contributed by atoms with Crippen molar-refractivity contribution in [3.8, 4) is 34.5 Å². The summed E-state index contributed by atoms with van der Waals surface area (Å²) in [5.74, 6) is 0.402. The van der Waals surface area contributed by atoms with E-state index >= 15 is 0 Å². The van der Waals surface area contributed by atoms with Gasteiger partial charge in [0.15, 0.2) is 11.6 Å². The maximum atomic E-state index is 13.2. The highest BCUT2D eigenvalue weighted by Crippen LogP contribution is 2.24. The second kappa shape index (κ2) is 20.9. The molecule has 1 atom stereocenters. The first kappa shape index (κ1) is 45.0. The molecule has 2 saturated heterocycles. The third kappa shape index (κ3) is 11.0. The number of hydrogen-bond donors (Lipinski definition) is 2. The highest BCUT2D eigenvalue weighted by molar-refractivity contribution is 5.99. The Balaban J connectivity index is 0.709. The van der Waals surface area contributed by atoms with Crippen molar-refractivity contribution in [1.29, 1.82) is 5.26 Å². The summed E-state index contributed by atoms with van der Waals surface area (Å²) in [5.41, 5.74) is 4.23. The number of piperidine rings is 2. The number of anilines is 1. The molecule has 0 bridgehead atoms. The Morgan fingerprint density at radius 3 is 2.45 bits per heavy atom. The monoisotopic (exact) mass is 892 g/mol. The van der Waals surface area contributed by atoms with Crippen molar-refractivity contribution in [1.82, 2.24) is 39.7 Å². The van der Waals surface area contributed by atoms with Crippen LogP contribution in [0.4, 0.5) is 5.69 Å². The lowest BCUT2D eigenvalue weighted by molar-refractivity contribution is -0.138. The molecule has 2 aliphatic heterocycles. The quantitative estimate of drug-likeness (QED) is 0.0974. The second-order valence-electron chi connectivity index (χ2n) is 16.1. The van der Waals surface area contributed by atoms with E-state index in [0.717, 1.165) is 35.2 Å². The number of nitrogens with zero attached hydrogens (tertiary/aromatic N) is 8. The number of rotatable bonds is 17. The van der Waals surface area contributed by atoms with Gasteiger partial charge in [0.2, 0.25) is 11.8 Å². The van der Waals surface area contributed by atoms with Gasteiger partial charge in [-0.1, -0.05) is 30.3 Å². The molecular weight excluding hydrogens is 845 g/mol. The fraction of sp³-hybridized carbons (Fsp3) is 0.333. The van der Waals surface area contributed by atoms with Crippen LogP contribution in [0.25, 0.3) is 33.4 Å². The topological polar surface area (TPSA) is 226 Å². The number of carbonyl (C=O) groups excluding carboxylic acids is 3. The molecule has 66 heavy (non-hydrogen) atoms.